The summed E-state index contributed by atoms with van der Waals surface area (Å²) < 4.78 is 5.48. The molecular weight excluding hydrogens is 268 g/mol. The number of nitrogens with zero attached hydrogens (tertiary/aromatic N) is 1. The number of rotatable bonds is 3. The van der Waals surface area contributed by atoms with E-state index in [4.69, 9.17) is 10.5 Å². The summed E-state index contributed by atoms with van der Waals surface area (Å²) in [6.07, 6.45) is 0.560. The molecule has 0 radical (unpaired) electrons. The van der Waals surface area contributed by atoms with Gasteiger partial charge in [0.05, 0.1) is 6.04 Å². The zero-order valence-corrected chi connectivity index (χ0v) is 12.7. The van der Waals surface area contributed by atoms with Gasteiger partial charge in [0.2, 0.25) is 5.91 Å². The molecule has 21 heavy (non-hydrogen) atoms. The lowest BCUT2D eigenvalue weighted by atomic mass is 10.1. The van der Waals surface area contributed by atoms with Crippen LogP contribution in [0.4, 0.5) is 0 Å². The van der Waals surface area contributed by atoms with Gasteiger partial charge in [0.15, 0.2) is 6.04 Å². The molecule has 0 bridgehead atoms. The second-order valence-electron chi connectivity index (χ2n) is 6.27. The molecular formula is C16H22N2O3. The van der Waals surface area contributed by atoms with Crippen molar-refractivity contribution in [2.24, 2.45) is 5.73 Å². The molecule has 1 fully saturated rings. The Morgan fingerprint density at radius 3 is 2.43 bits per heavy atom. The van der Waals surface area contributed by atoms with Crippen molar-refractivity contribution in [3.63, 3.8) is 0 Å². The maximum absolute atomic E-state index is 12.5. The Morgan fingerprint density at radius 2 is 1.95 bits per heavy atom. The normalized spacial score (nSPS) is 20.5. The van der Waals surface area contributed by atoms with Crippen LogP contribution in [0.1, 0.15) is 38.8 Å². The second-order valence-corrected chi connectivity index (χ2v) is 6.27. The van der Waals surface area contributed by atoms with Crippen molar-refractivity contribution in [1.82, 2.24) is 4.90 Å². The maximum atomic E-state index is 12.5. The van der Waals surface area contributed by atoms with Crippen molar-refractivity contribution >= 4 is 11.9 Å². The lowest BCUT2D eigenvalue weighted by Gasteiger charge is -2.30. The molecule has 2 N–H and O–H groups in total. The average molecular weight is 290 g/mol. The SMILES string of the molecule is CC(C)(C)OC(=O)C(c1ccccc1)N1CCC(N)C1=O. The van der Waals surface area contributed by atoms with Gasteiger partial charge in [-0.25, -0.2) is 4.79 Å². The molecule has 1 amide bonds. The quantitative estimate of drug-likeness (QED) is 0.859. The van der Waals surface area contributed by atoms with Crippen molar-refractivity contribution in [1.29, 1.82) is 0 Å². The second kappa shape index (κ2) is 5.85. The molecule has 1 aliphatic rings. The van der Waals surface area contributed by atoms with Crippen LogP contribution in [0, 0.1) is 0 Å². The summed E-state index contributed by atoms with van der Waals surface area (Å²) in [5, 5.41) is 0. The monoisotopic (exact) mass is 290 g/mol. The largest absolute Gasteiger partial charge is 0.458 e. The van der Waals surface area contributed by atoms with Gasteiger partial charge in [-0.1, -0.05) is 30.3 Å². The Bertz CT molecular complexity index is 522. The Labute approximate surface area is 125 Å². The minimum Gasteiger partial charge on any atom is -0.458 e. The van der Waals surface area contributed by atoms with Gasteiger partial charge in [0.1, 0.15) is 5.60 Å². The van der Waals surface area contributed by atoms with Crippen molar-refractivity contribution in [3.8, 4) is 0 Å². The van der Waals surface area contributed by atoms with E-state index in [1.165, 1.54) is 4.90 Å². The maximum Gasteiger partial charge on any atom is 0.334 e. The molecule has 0 saturated carbocycles. The summed E-state index contributed by atoms with van der Waals surface area (Å²) in [6, 6.07) is 7.94. The number of carbonyl (C=O) groups excluding carboxylic acids is 2. The summed E-state index contributed by atoms with van der Waals surface area (Å²) >= 11 is 0. The highest BCUT2D eigenvalue weighted by Gasteiger charge is 2.39. The molecule has 1 saturated heterocycles. The third-order valence-electron chi connectivity index (χ3n) is 3.34. The van der Waals surface area contributed by atoms with E-state index in [0.717, 1.165) is 5.56 Å². The van der Waals surface area contributed by atoms with E-state index in [9.17, 15) is 9.59 Å². The average Bonchev–Trinajstić information content (AvgIpc) is 2.71. The molecule has 0 aromatic heterocycles. The predicted octanol–water partition coefficient (Wildman–Crippen LogP) is 1.63. The molecule has 1 aromatic rings. The van der Waals surface area contributed by atoms with Crippen LogP contribution in [0.5, 0.6) is 0 Å². The van der Waals surface area contributed by atoms with E-state index in [-0.39, 0.29) is 5.91 Å². The minimum absolute atomic E-state index is 0.199. The highest BCUT2D eigenvalue weighted by molar-refractivity contribution is 5.89. The third kappa shape index (κ3) is 3.61. The molecule has 2 unspecified atom stereocenters. The predicted molar refractivity (Wildman–Crippen MR) is 79.3 cm³/mol. The first kappa shape index (κ1) is 15.5. The van der Waals surface area contributed by atoms with E-state index >= 15 is 0 Å². The van der Waals surface area contributed by atoms with Crippen LogP contribution in [0.15, 0.2) is 30.3 Å². The van der Waals surface area contributed by atoms with Crippen LogP contribution in [0.25, 0.3) is 0 Å². The fourth-order valence-electron chi connectivity index (χ4n) is 2.42. The molecule has 2 rings (SSSR count). The Kier molecular flexibility index (Phi) is 4.32. The Balaban J connectivity index is 2.32. The summed E-state index contributed by atoms with van der Waals surface area (Å²) in [4.78, 5) is 26.2. The van der Waals surface area contributed by atoms with E-state index in [0.29, 0.717) is 13.0 Å². The van der Waals surface area contributed by atoms with Gasteiger partial charge in [0, 0.05) is 6.54 Å². The molecule has 114 valence electrons. The molecule has 5 nitrogen and oxygen atoms in total. The summed E-state index contributed by atoms with van der Waals surface area (Å²) in [7, 11) is 0. The number of hydrogen-bond donors (Lipinski definition) is 1. The van der Waals surface area contributed by atoms with Crippen LogP contribution in [-0.4, -0.2) is 35.0 Å². The van der Waals surface area contributed by atoms with Crippen molar-refractivity contribution in [3.05, 3.63) is 35.9 Å². The smallest absolute Gasteiger partial charge is 0.334 e. The van der Waals surface area contributed by atoms with Crippen LogP contribution in [0.2, 0.25) is 0 Å². The van der Waals surface area contributed by atoms with Crippen LogP contribution >= 0.6 is 0 Å². The first-order chi connectivity index (χ1) is 9.79. The minimum atomic E-state index is -0.730. The zero-order chi connectivity index (χ0) is 15.6. The van der Waals surface area contributed by atoms with Gasteiger partial charge in [-0.15, -0.1) is 0 Å². The highest BCUT2D eigenvalue weighted by atomic mass is 16.6. The van der Waals surface area contributed by atoms with Gasteiger partial charge in [-0.3, -0.25) is 4.79 Å². The number of carbonyl (C=O) groups is 2. The van der Waals surface area contributed by atoms with Gasteiger partial charge in [-0.2, -0.15) is 0 Å². The highest BCUT2D eigenvalue weighted by Crippen LogP contribution is 2.28. The topological polar surface area (TPSA) is 72.6 Å². The number of hydrogen-bond acceptors (Lipinski definition) is 4. The van der Waals surface area contributed by atoms with E-state index in [2.05, 4.69) is 0 Å². The van der Waals surface area contributed by atoms with Gasteiger partial charge < -0.3 is 15.4 Å². The Hall–Kier alpha value is -1.88. The van der Waals surface area contributed by atoms with E-state index in [1.54, 1.807) is 0 Å². The fraction of sp³-hybridized carbons (Fsp3) is 0.500. The van der Waals surface area contributed by atoms with Crippen molar-refractivity contribution in [2.45, 2.75) is 44.9 Å². The number of nitrogens with two attached hydrogens (primary N) is 1. The number of likely N-dealkylation sites (tertiary alicyclic amines) is 1. The molecule has 0 spiro atoms. The number of benzene rings is 1. The third-order valence-corrected chi connectivity index (χ3v) is 3.34. The molecule has 1 aliphatic heterocycles. The van der Waals surface area contributed by atoms with Crippen molar-refractivity contribution < 1.29 is 14.3 Å². The molecule has 1 aromatic carbocycles. The Morgan fingerprint density at radius 1 is 1.33 bits per heavy atom. The van der Waals surface area contributed by atoms with E-state index < -0.39 is 23.7 Å². The number of esters is 1. The molecule has 5 heteroatoms. The number of amides is 1. The molecule has 0 aliphatic carbocycles. The summed E-state index contributed by atoms with van der Waals surface area (Å²) in [5.74, 6) is -0.620. The van der Waals surface area contributed by atoms with E-state index in [1.807, 2.05) is 51.1 Å². The molecule has 2 atom stereocenters. The first-order valence-corrected chi connectivity index (χ1v) is 7.13. The van der Waals surface area contributed by atoms with Crippen LogP contribution in [-0.2, 0) is 14.3 Å². The van der Waals surface area contributed by atoms with Crippen molar-refractivity contribution in [2.75, 3.05) is 6.54 Å². The standard InChI is InChI=1S/C16H22N2O3/c1-16(2,3)21-15(20)13(11-7-5-4-6-8-11)18-10-9-12(17)14(18)19/h4-8,12-13H,9-10,17H2,1-3H3. The van der Waals surface area contributed by atoms with Crippen LogP contribution in [0.3, 0.4) is 0 Å². The lowest BCUT2D eigenvalue weighted by molar-refractivity contribution is -0.164. The summed E-state index contributed by atoms with van der Waals surface area (Å²) in [6.45, 7) is 5.90. The van der Waals surface area contributed by atoms with Gasteiger partial charge >= 0.3 is 5.97 Å². The zero-order valence-electron chi connectivity index (χ0n) is 12.7. The van der Waals surface area contributed by atoms with Gasteiger partial charge in [-0.05, 0) is 32.8 Å². The molecule has 1 heterocycles. The first-order valence-electron chi connectivity index (χ1n) is 7.13. The van der Waals surface area contributed by atoms with Crippen LogP contribution < -0.4 is 5.73 Å². The summed E-state index contributed by atoms with van der Waals surface area (Å²) in [5.41, 5.74) is 5.91. The lowest BCUT2D eigenvalue weighted by Crippen LogP contribution is -2.42. The van der Waals surface area contributed by atoms with Gasteiger partial charge in [0.25, 0.3) is 0 Å². The number of ether oxygens (including phenoxy) is 1. The fourth-order valence-corrected chi connectivity index (χ4v) is 2.42.